The summed E-state index contributed by atoms with van der Waals surface area (Å²) in [6.45, 7) is 0. The molecule has 1 heterocycles. The summed E-state index contributed by atoms with van der Waals surface area (Å²) in [6, 6.07) is 8.77. The van der Waals surface area contributed by atoms with Gasteiger partial charge in [-0.05, 0) is 51.6 Å². The third-order valence-electron chi connectivity index (χ3n) is 1.93. The fourth-order valence-electron chi connectivity index (χ4n) is 1.19. The summed E-state index contributed by atoms with van der Waals surface area (Å²) in [4.78, 5) is 12.7. The number of ketones is 1. The highest BCUT2D eigenvalue weighted by atomic mass is 79.9. The van der Waals surface area contributed by atoms with E-state index in [0.29, 0.717) is 10.6 Å². The summed E-state index contributed by atoms with van der Waals surface area (Å²) in [6.07, 6.45) is 0. The minimum atomic E-state index is 0.0218. The van der Waals surface area contributed by atoms with Crippen molar-refractivity contribution in [1.82, 2.24) is 0 Å². The largest absolute Gasteiger partial charge is 0.288 e. The molecular weight excluding hydrogens is 296 g/mol. The molecule has 1 aromatic heterocycles. The Balaban J connectivity index is 2.37. The lowest BCUT2D eigenvalue weighted by atomic mass is 10.1. The van der Waals surface area contributed by atoms with Gasteiger partial charge in [-0.15, -0.1) is 11.3 Å². The van der Waals surface area contributed by atoms with Crippen molar-refractivity contribution in [2.24, 2.45) is 0 Å². The van der Waals surface area contributed by atoms with Crippen LogP contribution in [-0.2, 0) is 0 Å². The zero-order valence-corrected chi connectivity index (χ0v) is 10.7. The molecule has 1 aromatic carbocycles. The van der Waals surface area contributed by atoms with Crippen molar-refractivity contribution in [1.29, 1.82) is 0 Å². The van der Waals surface area contributed by atoms with Gasteiger partial charge in [-0.1, -0.05) is 11.6 Å². The first-order chi connectivity index (χ1) is 7.18. The van der Waals surface area contributed by atoms with Gasteiger partial charge in [-0.2, -0.15) is 0 Å². The van der Waals surface area contributed by atoms with Gasteiger partial charge in [-0.25, -0.2) is 0 Å². The topological polar surface area (TPSA) is 17.1 Å². The van der Waals surface area contributed by atoms with Crippen LogP contribution in [0.4, 0.5) is 0 Å². The maximum Gasteiger partial charge on any atom is 0.204 e. The van der Waals surface area contributed by atoms with Crippen LogP contribution in [0.1, 0.15) is 15.2 Å². The number of carbonyl (C=O) groups excluding carboxylic acids is 1. The molecule has 4 heteroatoms. The van der Waals surface area contributed by atoms with Crippen LogP contribution < -0.4 is 0 Å². The normalized spacial score (nSPS) is 10.3. The Morgan fingerprint density at radius 3 is 2.40 bits per heavy atom. The lowest BCUT2D eigenvalue weighted by molar-refractivity contribution is 0.104. The van der Waals surface area contributed by atoms with E-state index >= 15 is 0 Å². The molecule has 0 aliphatic rings. The minimum absolute atomic E-state index is 0.0218. The maximum absolute atomic E-state index is 12.0. The Morgan fingerprint density at radius 1 is 1.20 bits per heavy atom. The molecule has 0 amide bonds. The molecule has 0 saturated carbocycles. The van der Waals surface area contributed by atoms with E-state index in [1.54, 1.807) is 24.3 Å². The summed E-state index contributed by atoms with van der Waals surface area (Å²) < 4.78 is 0.840. The van der Waals surface area contributed by atoms with Crippen LogP contribution in [0.3, 0.4) is 0 Å². The predicted octanol–water partition coefficient (Wildman–Crippen LogP) is 4.40. The van der Waals surface area contributed by atoms with E-state index in [1.807, 2.05) is 11.4 Å². The number of halogens is 2. The SMILES string of the molecule is O=C(c1ccc(Cl)cc1)c1sccc1Br. The van der Waals surface area contributed by atoms with Gasteiger partial charge in [0.05, 0.1) is 4.88 Å². The van der Waals surface area contributed by atoms with Crippen molar-refractivity contribution in [3.63, 3.8) is 0 Å². The number of rotatable bonds is 2. The Kier molecular flexibility index (Phi) is 3.24. The standard InChI is InChI=1S/C11H6BrClOS/c12-9-5-6-15-11(9)10(14)7-1-3-8(13)4-2-7/h1-6H. The zero-order valence-electron chi connectivity index (χ0n) is 7.54. The highest BCUT2D eigenvalue weighted by Gasteiger charge is 2.13. The Bertz CT molecular complexity index is 490. The molecule has 0 unspecified atom stereocenters. The maximum atomic E-state index is 12.0. The summed E-state index contributed by atoms with van der Waals surface area (Å²) in [5, 5.41) is 2.52. The fourth-order valence-corrected chi connectivity index (χ4v) is 2.83. The predicted molar refractivity (Wildman–Crippen MR) is 66.9 cm³/mol. The molecule has 1 nitrogen and oxygen atoms in total. The van der Waals surface area contributed by atoms with Crippen molar-refractivity contribution in [2.75, 3.05) is 0 Å². The second kappa shape index (κ2) is 4.47. The number of thiophene rings is 1. The fraction of sp³-hybridized carbons (Fsp3) is 0. The van der Waals surface area contributed by atoms with Crippen molar-refractivity contribution < 1.29 is 4.79 Å². The molecule has 15 heavy (non-hydrogen) atoms. The molecule has 0 N–H and O–H groups in total. The van der Waals surface area contributed by atoms with Gasteiger partial charge in [0.15, 0.2) is 0 Å². The Labute approximate surface area is 105 Å². The van der Waals surface area contributed by atoms with Crippen molar-refractivity contribution in [3.8, 4) is 0 Å². The van der Waals surface area contributed by atoms with Crippen LogP contribution in [0.15, 0.2) is 40.2 Å². The van der Waals surface area contributed by atoms with E-state index in [1.165, 1.54) is 11.3 Å². The van der Waals surface area contributed by atoms with Crippen LogP contribution in [0.25, 0.3) is 0 Å². The van der Waals surface area contributed by atoms with Crippen molar-refractivity contribution in [3.05, 3.63) is 55.6 Å². The molecule has 2 rings (SSSR count). The third kappa shape index (κ3) is 2.30. The van der Waals surface area contributed by atoms with Crippen LogP contribution >= 0.6 is 38.9 Å². The summed E-state index contributed by atoms with van der Waals surface area (Å²) in [5.74, 6) is 0.0218. The van der Waals surface area contributed by atoms with E-state index in [-0.39, 0.29) is 5.78 Å². The van der Waals surface area contributed by atoms with Crippen LogP contribution in [0.2, 0.25) is 5.02 Å². The van der Waals surface area contributed by atoms with Crippen molar-refractivity contribution >= 4 is 44.7 Å². The van der Waals surface area contributed by atoms with Crippen LogP contribution in [0, 0.1) is 0 Å². The lowest BCUT2D eigenvalue weighted by Gasteiger charge is -1.99. The average Bonchev–Trinajstić information content (AvgIpc) is 2.65. The first kappa shape index (κ1) is 10.9. The number of benzene rings is 1. The smallest absolute Gasteiger partial charge is 0.204 e. The molecule has 0 bridgehead atoms. The van der Waals surface area contributed by atoms with Gasteiger partial charge in [0.1, 0.15) is 0 Å². The van der Waals surface area contributed by atoms with E-state index < -0.39 is 0 Å². The van der Waals surface area contributed by atoms with Crippen LogP contribution in [-0.4, -0.2) is 5.78 Å². The van der Waals surface area contributed by atoms with Crippen molar-refractivity contribution in [2.45, 2.75) is 0 Å². The minimum Gasteiger partial charge on any atom is -0.288 e. The van der Waals surface area contributed by atoms with Gasteiger partial charge in [0.25, 0.3) is 0 Å². The quantitative estimate of drug-likeness (QED) is 0.752. The van der Waals surface area contributed by atoms with Gasteiger partial charge in [0, 0.05) is 15.1 Å². The molecule has 0 fully saturated rings. The molecule has 0 aliphatic carbocycles. The lowest BCUT2D eigenvalue weighted by Crippen LogP contribution is -1.98. The molecule has 76 valence electrons. The molecule has 0 saturated heterocycles. The number of hydrogen-bond acceptors (Lipinski definition) is 2. The monoisotopic (exact) mass is 300 g/mol. The highest BCUT2D eigenvalue weighted by molar-refractivity contribution is 9.10. The van der Waals surface area contributed by atoms with E-state index in [4.69, 9.17) is 11.6 Å². The van der Waals surface area contributed by atoms with Gasteiger partial charge in [-0.3, -0.25) is 4.79 Å². The second-order valence-electron chi connectivity index (χ2n) is 2.93. The molecule has 0 aliphatic heterocycles. The van der Waals surface area contributed by atoms with E-state index in [0.717, 1.165) is 9.35 Å². The molecular formula is C11H6BrClOS. The number of hydrogen-bond donors (Lipinski definition) is 0. The highest BCUT2D eigenvalue weighted by Crippen LogP contribution is 2.25. The Hall–Kier alpha value is -0.640. The first-order valence-corrected chi connectivity index (χ1v) is 6.27. The first-order valence-electron chi connectivity index (χ1n) is 4.22. The zero-order chi connectivity index (χ0) is 10.8. The molecule has 0 atom stereocenters. The molecule has 0 spiro atoms. The number of carbonyl (C=O) groups is 1. The van der Waals surface area contributed by atoms with Gasteiger partial charge in [0.2, 0.25) is 5.78 Å². The van der Waals surface area contributed by atoms with E-state index in [2.05, 4.69) is 15.9 Å². The van der Waals surface area contributed by atoms with E-state index in [9.17, 15) is 4.79 Å². The van der Waals surface area contributed by atoms with Crippen LogP contribution in [0.5, 0.6) is 0 Å². The molecule has 0 radical (unpaired) electrons. The third-order valence-corrected chi connectivity index (χ3v) is 4.02. The average molecular weight is 302 g/mol. The molecule has 2 aromatic rings. The Morgan fingerprint density at radius 2 is 1.87 bits per heavy atom. The summed E-state index contributed by atoms with van der Waals surface area (Å²) in [7, 11) is 0. The second-order valence-corrected chi connectivity index (χ2v) is 5.14. The summed E-state index contributed by atoms with van der Waals surface area (Å²) in [5.41, 5.74) is 0.655. The summed E-state index contributed by atoms with van der Waals surface area (Å²) >= 11 is 10.5. The van der Waals surface area contributed by atoms with Gasteiger partial charge < -0.3 is 0 Å². The van der Waals surface area contributed by atoms with Gasteiger partial charge >= 0.3 is 0 Å².